The summed E-state index contributed by atoms with van der Waals surface area (Å²) in [5, 5.41) is 0. The van der Waals surface area contributed by atoms with E-state index >= 15 is 0 Å². The number of Topliss-reactive ketones (excluding diaryl/α,β-unsaturated/α-hetero) is 1. The normalized spacial score (nSPS) is 15.4. The van der Waals surface area contributed by atoms with Gasteiger partial charge in [0.2, 0.25) is 0 Å². The largest absolute Gasteiger partial charge is 0.337 e. The molecule has 0 unspecified atom stereocenters. The number of ketones is 1. The zero-order valence-electron chi connectivity index (χ0n) is 16.1. The predicted octanol–water partition coefficient (Wildman–Crippen LogP) is 3.67. The summed E-state index contributed by atoms with van der Waals surface area (Å²) < 4.78 is 0. The Kier molecular flexibility index (Phi) is 6.77. The molecule has 2 aromatic carbocycles. The Hall–Kier alpha value is -2.46. The van der Waals surface area contributed by atoms with E-state index < -0.39 is 0 Å². The second-order valence-corrected chi connectivity index (χ2v) is 7.21. The number of benzene rings is 2. The first kappa shape index (κ1) is 19.3. The molecule has 0 saturated carbocycles. The molecule has 4 nitrogen and oxygen atoms in total. The van der Waals surface area contributed by atoms with Crippen LogP contribution in [0.2, 0.25) is 0 Å². The molecule has 1 amide bonds. The molecule has 0 bridgehead atoms. The van der Waals surface area contributed by atoms with Crippen molar-refractivity contribution in [3.05, 3.63) is 71.3 Å². The highest BCUT2D eigenvalue weighted by Crippen LogP contribution is 2.13. The molecule has 142 valence electrons. The van der Waals surface area contributed by atoms with Gasteiger partial charge in [-0.3, -0.25) is 9.59 Å². The molecule has 0 N–H and O–H groups in total. The minimum Gasteiger partial charge on any atom is -0.337 e. The summed E-state index contributed by atoms with van der Waals surface area (Å²) in [6.45, 7) is 6.06. The molecule has 1 heterocycles. The maximum atomic E-state index is 12.8. The van der Waals surface area contributed by atoms with Crippen LogP contribution in [-0.4, -0.2) is 54.2 Å². The number of hydrogen-bond acceptors (Lipinski definition) is 3. The lowest BCUT2D eigenvalue weighted by Crippen LogP contribution is -2.35. The van der Waals surface area contributed by atoms with Gasteiger partial charge in [0.1, 0.15) is 0 Å². The number of carbonyl (C=O) groups excluding carboxylic acids is 2. The molecule has 0 spiro atoms. The van der Waals surface area contributed by atoms with Crippen molar-refractivity contribution >= 4 is 11.7 Å². The second kappa shape index (κ2) is 9.47. The Morgan fingerprint density at radius 2 is 1.67 bits per heavy atom. The van der Waals surface area contributed by atoms with Crippen LogP contribution in [0.25, 0.3) is 0 Å². The molecule has 0 radical (unpaired) electrons. The third kappa shape index (κ3) is 5.51. The van der Waals surface area contributed by atoms with Gasteiger partial charge >= 0.3 is 0 Å². The van der Waals surface area contributed by atoms with Crippen molar-refractivity contribution in [2.24, 2.45) is 0 Å². The second-order valence-electron chi connectivity index (χ2n) is 7.21. The number of hydrogen-bond donors (Lipinski definition) is 0. The molecule has 2 aromatic rings. The number of carbonyl (C=O) groups is 2. The number of nitrogens with zero attached hydrogens (tertiary/aromatic N) is 2. The molecule has 3 rings (SSSR count). The summed E-state index contributed by atoms with van der Waals surface area (Å²) in [7, 11) is 0. The van der Waals surface area contributed by atoms with E-state index in [1.807, 2.05) is 4.90 Å². The quantitative estimate of drug-likeness (QED) is 0.735. The van der Waals surface area contributed by atoms with Gasteiger partial charge in [0, 0.05) is 30.8 Å². The molecule has 1 fully saturated rings. The molecular weight excluding hydrogens is 336 g/mol. The molecule has 1 aliphatic rings. The van der Waals surface area contributed by atoms with Gasteiger partial charge in [-0.15, -0.1) is 0 Å². The number of amides is 1. The van der Waals surface area contributed by atoms with Gasteiger partial charge in [-0.05, 0) is 57.0 Å². The Labute approximate surface area is 161 Å². The van der Waals surface area contributed by atoms with Crippen molar-refractivity contribution in [2.75, 3.05) is 32.7 Å². The average Bonchev–Trinajstić information content (AvgIpc) is 2.94. The minimum atomic E-state index is -0.00916. The highest BCUT2D eigenvalue weighted by Gasteiger charge is 2.20. The fourth-order valence-electron chi connectivity index (χ4n) is 3.60. The van der Waals surface area contributed by atoms with Gasteiger partial charge in [0.25, 0.3) is 5.91 Å². The summed E-state index contributed by atoms with van der Waals surface area (Å²) in [4.78, 5) is 28.8. The van der Waals surface area contributed by atoms with Crippen LogP contribution < -0.4 is 0 Å². The summed E-state index contributed by atoms with van der Waals surface area (Å²) in [5.74, 6) is 0.0225. The van der Waals surface area contributed by atoms with Gasteiger partial charge < -0.3 is 9.80 Å². The third-order valence-corrected chi connectivity index (χ3v) is 5.17. The fourth-order valence-corrected chi connectivity index (χ4v) is 3.60. The third-order valence-electron chi connectivity index (χ3n) is 5.17. The van der Waals surface area contributed by atoms with Crippen molar-refractivity contribution in [1.29, 1.82) is 0 Å². The topological polar surface area (TPSA) is 40.6 Å². The molecule has 1 aliphatic heterocycles. The van der Waals surface area contributed by atoms with Crippen molar-refractivity contribution in [2.45, 2.75) is 26.2 Å². The summed E-state index contributed by atoms with van der Waals surface area (Å²) >= 11 is 0. The maximum absolute atomic E-state index is 12.8. The van der Waals surface area contributed by atoms with E-state index in [1.165, 1.54) is 12.5 Å². The van der Waals surface area contributed by atoms with Gasteiger partial charge in [-0.1, -0.05) is 42.5 Å². The molecule has 27 heavy (non-hydrogen) atoms. The summed E-state index contributed by atoms with van der Waals surface area (Å²) in [6.07, 6.45) is 3.22. The van der Waals surface area contributed by atoms with Crippen LogP contribution >= 0.6 is 0 Å². The Bertz CT molecular complexity index is 773. The zero-order chi connectivity index (χ0) is 19.1. The first-order chi connectivity index (χ1) is 13.1. The summed E-state index contributed by atoms with van der Waals surface area (Å²) in [5.41, 5.74) is 2.59. The van der Waals surface area contributed by atoms with E-state index in [-0.39, 0.29) is 11.7 Å². The Morgan fingerprint density at radius 3 is 2.44 bits per heavy atom. The van der Waals surface area contributed by atoms with Gasteiger partial charge in [0.05, 0.1) is 0 Å². The van der Waals surface area contributed by atoms with E-state index in [0.717, 1.165) is 52.0 Å². The standard InChI is InChI=1S/C23H28N2O2/c1-19(26)21-11-5-12-22(18-21)23(27)25-15-7-14-24(16-17-25)13-6-10-20-8-3-2-4-9-20/h2-5,8-9,11-12,18H,6-7,10,13-17H2,1H3. The Morgan fingerprint density at radius 1 is 0.889 bits per heavy atom. The lowest BCUT2D eigenvalue weighted by molar-refractivity contribution is 0.0761. The van der Waals surface area contributed by atoms with Crippen molar-refractivity contribution in [3.8, 4) is 0 Å². The highest BCUT2D eigenvalue weighted by molar-refractivity contribution is 5.99. The van der Waals surface area contributed by atoms with E-state index in [0.29, 0.717) is 11.1 Å². The zero-order valence-corrected chi connectivity index (χ0v) is 16.1. The molecule has 4 heteroatoms. The first-order valence-corrected chi connectivity index (χ1v) is 9.80. The molecule has 0 aromatic heterocycles. The van der Waals surface area contributed by atoms with Crippen LogP contribution in [0.5, 0.6) is 0 Å². The number of rotatable bonds is 6. The smallest absolute Gasteiger partial charge is 0.253 e. The molecule has 1 saturated heterocycles. The van der Waals surface area contributed by atoms with Crippen molar-refractivity contribution in [1.82, 2.24) is 9.80 Å². The molecule has 0 aliphatic carbocycles. The summed E-state index contributed by atoms with van der Waals surface area (Å²) in [6, 6.07) is 17.7. The lowest BCUT2D eigenvalue weighted by atomic mass is 10.1. The monoisotopic (exact) mass is 364 g/mol. The van der Waals surface area contributed by atoms with E-state index in [9.17, 15) is 9.59 Å². The minimum absolute atomic E-state index is 0.00916. The molecular formula is C23H28N2O2. The average molecular weight is 364 g/mol. The fraction of sp³-hybridized carbons (Fsp3) is 0.391. The van der Waals surface area contributed by atoms with E-state index in [1.54, 1.807) is 24.3 Å². The van der Waals surface area contributed by atoms with Crippen molar-refractivity contribution < 1.29 is 9.59 Å². The van der Waals surface area contributed by atoms with Crippen molar-refractivity contribution in [3.63, 3.8) is 0 Å². The van der Waals surface area contributed by atoms with Gasteiger partial charge in [-0.25, -0.2) is 0 Å². The van der Waals surface area contributed by atoms with Crippen LogP contribution in [0.3, 0.4) is 0 Å². The highest BCUT2D eigenvalue weighted by atomic mass is 16.2. The SMILES string of the molecule is CC(=O)c1cccc(C(=O)N2CCCN(CCCc3ccccc3)CC2)c1. The Balaban J connectivity index is 1.51. The maximum Gasteiger partial charge on any atom is 0.253 e. The van der Waals surface area contributed by atoms with Crippen LogP contribution in [-0.2, 0) is 6.42 Å². The van der Waals surface area contributed by atoms with Gasteiger partial charge in [-0.2, -0.15) is 0 Å². The van der Waals surface area contributed by atoms with Crippen LogP contribution in [0.15, 0.2) is 54.6 Å². The van der Waals surface area contributed by atoms with E-state index in [4.69, 9.17) is 0 Å². The first-order valence-electron chi connectivity index (χ1n) is 9.80. The van der Waals surface area contributed by atoms with E-state index in [2.05, 4.69) is 35.2 Å². The van der Waals surface area contributed by atoms with Crippen LogP contribution in [0.1, 0.15) is 46.0 Å². The lowest BCUT2D eigenvalue weighted by Gasteiger charge is -2.22. The van der Waals surface area contributed by atoms with Crippen LogP contribution in [0, 0.1) is 0 Å². The predicted molar refractivity (Wildman–Crippen MR) is 108 cm³/mol. The molecule has 0 atom stereocenters. The van der Waals surface area contributed by atoms with Gasteiger partial charge in [0.15, 0.2) is 5.78 Å². The van der Waals surface area contributed by atoms with Crippen LogP contribution in [0.4, 0.5) is 0 Å². The number of aryl methyl sites for hydroxylation is 1.